The van der Waals surface area contributed by atoms with Crippen molar-refractivity contribution in [1.82, 2.24) is 0 Å². The van der Waals surface area contributed by atoms with E-state index in [1.165, 1.54) is 154 Å². The van der Waals surface area contributed by atoms with Crippen molar-refractivity contribution in [3.63, 3.8) is 0 Å². The highest BCUT2D eigenvalue weighted by atomic mass is 31.2. The van der Waals surface area contributed by atoms with E-state index in [1.807, 2.05) is 0 Å². The number of aliphatic hydroxyl groups is 1. The molecule has 0 fully saturated rings. The molecule has 91 heavy (non-hydrogen) atoms. The van der Waals surface area contributed by atoms with Crippen LogP contribution in [0.3, 0.4) is 0 Å². The van der Waals surface area contributed by atoms with Gasteiger partial charge < -0.3 is 33.8 Å². The van der Waals surface area contributed by atoms with Crippen LogP contribution in [0.4, 0.5) is 0 Å². The van der Waals surface area contributed by atoms with E-state index in [0.717, 1.165) is 122 Å². The van der Waals surface area contributed by atoms with Crippen molar-refractivity contribution in [2.75, 3.05) is 39.6 Å². The van der Waals surface area contributed by atoms with Gasteiger partial charge in [0.25, 0.3) is 0 Å². The third kappa shape index (κ3) is 66.0. The number of carbonyl (C=O) groups excluding carboxylic acids is 4. The Kier molecular flexibility index (Phi) is 64.4. The van der Waals surface area contributed by atoms with Crippen LogP contribution in [-0.2, 0) is 65.4 Å². The highest BCUT2D eigenvalue weighted by Crippen LogP contribution is 2.45. The molecular weight excluding hydrogens is 1200 g/mol. The quantitative estimate of drug-likeness (QED) is 0.0169. The number of hydrogen-bond donors (Lipinski definition) is 3. The van der Waals surface area contributed by atoms with Crippen molar-refractivity contribution >= 4 is 39.5 Å². The Labute approximate surface area is 554 Å². The first-order valence-corrected chi connectivity index (χ1v) is 40.1. The zero-order chi connectivity index (χ0) is 66.8. The number of ether oxygens (including phenoxy) is 4. The normalized spacial score (nSPS) is 14.1. The fraction of sp³-hybridized carbons (Fsp3) is 0.889. The van der Waals surface area contributed by atoms with Gasteiger partial charge in [0.05, 0.1) is 26.4 Å². The van der Waals surface area contributed by atoms with Gasteiger partial charge in [-0.25, -0.2) is 9.13 Å². The summed E-state index contributed by atoms with van der Waals surface area (Å²) in [6.07, 6.45) is 57.8. The first-order chi connectivity index (χ1) is 44.2. The molecule has 0 aliphatic carbocycles. The SMILES string of the molecule is CCCCCC/C=C\C=C/CCCCCCCC(=O)OC[C@H](COP(=O)(O)OC[C@@H](O)COP(=O)(O)OC[C@@H](COC(=O)CCCCCCCCC)OC(=O)CCCCCCCCCCCCC)OC(=O)CCCCCCCCCCCCCCCCCCCC. The molecule has 2 unspecified atom stereocenters. The Morgan fingerprint density at radius 3 is 0.802 bits per heavy atom. The minimum atomic E-state index is -4.96. The zero-order valence-electron chi connectivity index (χ0n) is 58.3. The Balaban J connectivity index is 5.22. The van der Waals surface area contributed by atoms with E-state index in [1.54, 1.807) is 0 Å². The minimum absolute atomic E-state index is 0.102. The summed E-state index contributed by atoms with van der Waals surface area (Å²) in [4.78, 5) is 72.4. The van der Waals surface area contributed by atoms with E-state index in [-0.39, 0.29) is 25.7 Å². The Bertz CT molecular complexity index is 1830. The minimum Gasteiger partial charge on any atom is -0.462 e. The third-order valence-electron chi connectivity index (χ3n) is 16.2. The lowest BCUT2D eigenvalue weighted by molar-refractivity contribution is -0.161. The lowest BCUT2D eigenvalue weighted by atomic mass is 10.0. The number of carbonyl (C=O) groups is 4. The van der Waals surface area contributed by atoms with Gasteiger partial charge in [-0.1, -0.05) is 302 Å². The van der Waals surface area contributed by atoms with Gasteiger partial charge in [-0.05, 0) is 51.4 Å². The molecule has 0 saturated heterocycles. The number of esters is 4. The second-order valence-corrected chi connectivity index (χ2v) is 28.2. The van der Waals surface area contributed by atoms with Gasteiger partial charge >= 0.3 is 39.5 Å². The topological polar surface area (TPSA) is 237 Å². The van der Waals surface area contributed by atoms with E-state index in [2.05, 4.69) is 52.0 Å². The van der Waals surface area contributed by atoms with Crippen LogP contribution < -0.4 is 0 Å². The highest BCUT2D eigenvalue weighted by Gasteiger charge is 2.30. The average molecular weight is 1340 g/mol. The Morgan fingerprint density at radius 1 is 0.308 bits per heavy atom. The average Bonchev–Trinajstić information content (AvgIpc) is 3.46. The fourth-order valence-corrected chi connectivity index (χ4v) is 12.1. The van der Waals surface area contributed by atoms with Gasteiger partial charge in [-0.3, -0.25) is 37.3 Å². The predicted octanol–water partition coefficient (Wildman–Crippen LogP) is 20.6. The molecule has 5 atom stereocenters. The van der Waals surface area contributed by atoms with Gasteiger partial charge in [0.1, 0.15) is 19.3 Å². The van der Waals surface area contributed by atoms with E-state index >= 15 is 0 Å². The van der Waals surface area contributed by atoms with Gasteiger partial charge in [0.15, 0.2) is 12.2 Å². The molecule has 0 aliphatic heterocycles. The molecule has 3 N–H and O–H groups in total. The molecule has 0 rings (SSSR count). The predicted molar refractivity (Wildman–Crippen MR) is 368 cm³/mol. The van der Waals surface area contributed by atoms with Crippen LogP contribution in [0.1, 0.15) is 355 Å². The van der Waals surface area contributed by atoms with Crippen molar-refractivity contribution in [3.05, 3.63) is 24.3 Å². The van der Waals surface area contributed by atoms with Crippen LogP contribution in [0.5, 0.6) is 0 Å². The van der Waals surface area contributed by atoms with Gasteiger partial charge in [-0.2, -0.15) is 0 Å². The number of aliphatic hydroxyl groups excluding tert-OH is 1. The van der Waals surface area contributed by atoms with Gasteiger partial charge in [0, 0.05) is 25.7 Å². The van der Waals surface area contributed by atoms with Crippen LogP contribution in [0, 0.1) is 0 Å². The van der Waals surface area contributed by atoms with Crippen molar-refractivity contribution in [3.8, 4) is 0 Å². The molecule has 0 aromatic heterocycles. The molecule has 0 aromatic carbocycles. The molecule has 0 amide bonds. The van der Waals surface area contributed by atoms with Crippen LogP contribution in [0.15, 0.2) is 24.3 Å². The lowest BCUT2D eigenvalue weighted by Crippen LogP contribution is -2.30. The summed E-state index contributed by atoms with van der Waals surface area (Å²) in [7, 11) is -9.91. The molecule has 536 valence electrons. The van der Waals surface area contributed by atoms with Crippen molar-refractivity contribution in [2.45, 2.75) is 373 Å². The number of phosphoric acid groups is 2. The number of unbranched alkanes of at least 4 members (excludes halogenated alkanes) is 42. The molecular formula is C72H136O17P2. The fourth-order valence-electron chi connectivity index (χ4n) is 10.5. The smallest absolute Gasteiger partial charge is 0.462 e. The van der Waals surface area contributed by atoms with Crippen molar-refractivity contribution < 1.29 is 80.2 Å². The van der Waals surface area contributed by atoms with E-state index < -0.39 is 97.5 Å². The van der Waals surface area contributed by atoms with Crippen LogP contribution >= 0.6 is 15.6 Å². The number of allylic oxidation sites excluding steroid dienone is 4. The summed E-state index contributed by atoms with van der Waals surface area (Å²) >= 11 is 0. The second-order valence-electron chi connectivity index (χ2n) is 25.3. The van der Waals surface area contributed by atoms with Crippen LogP contribution in [0.25, 0.3) is 0 Å². The van der Waals surface area contributed by atoms with Gasteiger partial charge in [0.2, 0.25) is 0 Å². The summed E-state index contributed by atoms with van der Waals surface area (Å²) in [6.45, 7) is 4.85. The summed E-state index contributed by atoms with van der Waals surface area (Å²) in [6, 6.07) is 0. The van der Waals surface area contributed by atoms with E-state index in [4.69, 9.17) is 37.0 Å². The zero-order valence-corrected chi connectivity index (χ0v) is 60.1. The highest BCUT2D eigenvalue weighted by molar-refractivity contribution is 7.47. The molecule has 0 aliphatic rings. The molecule has 0 bridgehead atoms. The van der Waals surface area contributed by atoms with Crippen molar-refractivity contribution in [2.24, 2.45) is 0 Å². The largest absolute Gasteiger partial charge is 0.472 e. The number of rotatable bonds is 71. The number of phosphoric ester groups is 2. The molecule has 0 heterocycles. The monoisotopic (exact) mass is 1330 g/mol. The summed E-state index contributed by atoms with van der Waals surface area (Å²) in [5.74, 6) is -2.15. The van der Waals surface area contributed by atoms with E-state index in [0.29, 0.717) is 25.7 Å². The third-order valence-corrected chi connectivity index (χ3v) is 18.1. The van der Waals surface area contributed by atoms with Gasteiger partial charge in [-0.15, -0.1) is 0 Å². The molecule has 17 nitrogen and oxygen atoms in total. The lowest BCUT2D eigenvalue weighted by Gasteiger charge is -2.21. The molecule has 0 saturated carbocycles. The Hall–Kier alpha value is -2.46. The summed E-state index contributed by atoms with van der Waals surface area (Å²) in [5, 5.41) is 10.6. The molecule has 0 spiro atoms. The maximum atomic E-state index is 13.0. The molecule has 19 heteroatoms. The van der Waals surface area contributed by atoms with E-state index in [9.17, 15) is 43.2 Å². The van der Waals surface area contributed by atoms with Crippen LogP contribution in [-0.4, -0.2) is 96.7 Å². The second kappa shape index (κ2) is 66.2. The maximum absolute atomic E-state index is 13.0. The molecule has 0 radical (unpaired) electrons. The summed E-state index contributed by atoms with van der Waals surface area (Å²) in [5.41, 5.74) is 0. The van der Waals surface area contributed by atoms with Crippen molar-refractivity contribution in [1.29, 1.82) is 0 Å². The Morgan fingerprint density at radius 2 is 0.527 bits per heavy atom. The maximum Gasteiger partial charge on any atom is 0.472 e. The number of hydrogen-bond acceptors (Lipinski definition) is 15. The standard InChI is InChI=1S/C72H136O17P2/c1-5-9-13-17-21-24-27-29-31-32-33-35-37-40-43-47-51-55-59-72(77)89-68(63-83-70(75)57-53-49-45-41-39-36-34-30-28-25-22-18-14-10-6-2)65-87-91(80,81)85-61-66(73)60-84-90(78,79)86-64-67(62-82-69(74)56-52-48-44-20-16-12-8-4)88-71(76)58-54-50-46-42-38-26-23-19-15-11-7-3/h25,28,30,34,66-68,73H,5-24,26-27,29,31-33,35-65H2,1-4H3,(H,78,79)(H,80,81)/b28-25-,34-30-/t66-,67+,68+/m0/s1. The summed E-state index contributed by atoms with van der Waals surface area (Å²) < 4.78 is 68.2. The first-order valence-electron chi connectivity index (χ1n) is 37.1. The van der Waals surface area contributed by atoms with Crippen LogP contribution in [0.2, 0.25) is 0 Å². The molecule has 0 aromatic rings. The first kappa shape index (κ1) is 88.5.